The van der Waals surface area contributed by atoms with Gasteiger partial charge in [-0.1, -0.05) is 41.0 Å². The van der Waals surface area contributed by atoms with Gasteiger partial charge in [-0.05, 0) is 18.8 Å². The first-order chi connectivity index (χ1) is 8.53. The second-order valence-corrected chi connectivity index (χ2v) is 8.48. The summed E-state index contributed by atoms with van der Waals surface area (Å²) in [5, 5.41) is 0. The zero-order valence-electron chi connectivity index (χ0n) is 13.0. The van der Waals surface area contributed by atoms with Crippen LogP contribution in [0.1, 0.15) is 60.8 Å². The van der Waals surface area contributed by atoms with Crippen LogP contribution in [0.25, 0.3) is 0 Å². The first-order valence-corrected chi connectivity index (χ1v) is 8.69. The molecule has 112 valence electrons. The van der Waals surface area contributed by atoms with Gasteiger partial charge in [0.05, 0.1) is 11.8 Å². The zero-order chi connectivity index (χ0) is 15.1. The topological polar surface area (TPSA) is 54.5 Å². The van der Waals surface area contributed by atoms with Gasteiger partial charge in [-0.3, -0.25) is 4.79 Å². The first-order valence-electron chi connectivity index (χ1n) is 7.08. The Morgan fingerprint density at radius 2 is 1.84 bits per heavy atom. The van der Waals surface area contributed by atoms with Gasteiger partial charge in [0.2, 0.25) is 15.9 Å². The van der Waals surface area contributed by atoms with E-state index in [0.717, 1.165) is 17.1 Å². The fourth-order valence-electron chi connectivity index (χ4n) is 3.45. The highest BCUT2D eigenvalue weighted by Gasteiger charge is 2.59. The quantitative estimate of drug-likeness (QED) is 0.802. The molecule has 0 N–H and O–H groups in total. The summed E-state index contributed by atoms with van der Waals surface area (Å²) in [6.07, 6.45) is 1.98. The van der Waals surface area contributed by atoms with Crippen molar-refractivity contribution in [1.82, 2.24) is 4.31 Å². The normalized spacial score (nSPS) is 30.6. The molecule has 4 nitrogen and oxygen atoms in total. The van der Waals surface area contributed by atoms with E-state index >= 15 is 0 Å². The highest BCUT2D eigenvalue weighted by molar-refractivity contribution is 7.90. The summed E-state index contributed by atoms with van der Waals surface area (Å²) >= 11 is 0. The van der Waals surface area contributed by atoms with Gasteiger partial charge in [-0.2, -0.15) is 0 Å². The fraction of sp³-hybridized carbons (Fsp3) is 0.929. The third-order valence-corrected chi connectivity index (χ3v) is 6.63. The lowest BCUT2D eigenvalue weighted by Gasteiger charge is -2.44. The minimum absolute atomic E-state index is 0.0875. The summed E-state index contributed by atoms with van der Waals surface area (Å²) < 4.78 is 26.0. The molecule has 2 atom stereocenters. The average Bonchev–Trinajstić information content (AvgIpc) is 2.45. The molecule has 2 unspecified atom stereocenters. The van der Waals surface area contributed by atoms with Gasteiger partial charge in [-0.25, -0.2) is 12.7 Å². The Morgan fingerprint density at radius 3 is 2.21 bits per heavy atom. The van der Waals surface area contributed by atoms with E-state index in [1.165, 1.54) is 0 Å². The number of sulfonamides is 1. The van der Waals surface area contributed by atoms with Crippen molar-refractivity contribution in [3.8, 4) is 0 Å². The van der Waals surface area contributed by atoms with Crippen molar-refractivity contribution in [1.29, 1.82) is 0 Å². The van der Waals surface area contributed by atoms with Crippen LogP contribution in [0.4, 0.5) is 0 Å². The maximum absolute atomic E-state index is 12.4. The van der Waals surface area contributed by atoms with E-state index in [2.05, 4.69) is 27.7 Å². The summed E-state index contributed by atoms with van der Waals surface area (Å²) in [7, 11) is -3.48. The maximum atomic E-state index is 12.4. The average molecular weight is 289 g/mol. The smallest absolute Gasteiger partial charge is 0.238 e. The number of amides is 1. The van der Waals surface area contributed by atoms with Gasteiger partial charge in [0.15, 0.2) is 0 Å². The van der Waals surface area contributed by atoms with Gasteiger partial charge in [0.25, 0.3) is 0 Å². The molecule has 1 aliphatic rings. The Labute approximate surface area is 117 Å². The van der Waals surface area contributed by atoms with Crippen LogP contribution in [0, 0.1) is 10.8 Å². The minimum atomic E-state index is -3.48. The van der Waals surface area contributed by atoms with Crippen molar-refractivity contribution < 1.29 is 13.2 Å². The van der Waals surface area contributed by atoms with Crippen molar-refractivity contribution >= 4 is 15.9 Å². The Bertz CT molecular complexity index is 450. The standard InChI is InChI=1S/C14H27NO3S/c1-7-9-14(13(4,5)6)10-19(17,18)15(11(14)3)12(16)8-2/h11H,7-10H2,1-6H3. The molecule has 0 aromatic rings. The molecular formula is C14H27NO3S. The molecule has 0 spiro atoms. The van der Waals surface area contributed by atoms with Crippen LogP contribution in [0.3, 0.4) is 0 Å². The van der Waals surface area contributed by atoms with E-state index < -0.39 is 10.0 Å². The van der Waals surface area contributed by atoms with Gasteiger partial charge in [0.1, 0.15) is 0 Å². The molecule has 5 heteroatoms. The zero-order valence-corrected chi connectivity index (χ0v) is 13.8. The van der Waals surface area contributed by atoms with Crippen LogP contribution in [-0.4, -0.2) is 30.4 Å². The molecule has 0 radical (unpaired) electrons. The van der Waals surface area contributed by atoms with Crippen molar-refractivity contribution in [3.63, 3.8) is 0 Å². The van der Waals surface area contributed by atoms with Gasteiger partial charge in [-0.15, -0.1) is 0 Å². The molecule has 19 heavy (non-hydrogen) atoms. The minimum Gasteiger partial charge on any atom is -0.274 e. The molecule has 0 aromatic carbocycles. The van der Waals surface area contributed by atoms with E-state index in [1.807, 2.05) is 6.92 Å². The fourth-order valence-corrected chi connectivity index (χ4v) is 6.18. The van der Waals surface area contributed by atoms with E-state index in [-0.39, 0.29) is 35.0 Å². The molecule has 1 saturated heterocycles. The molecular weight excluding hydrogens is 262 g/mol. The van der Waals surface area contributed by atoms with Crippen LogP contribution in [0.5, 0.6) is 0 Å². The number of carbonyl (C=O) groups is 1. The largest absolute Gasteiger partial charge is 0.274 e. The van der Waals surface area contributed by atoms with Gasteiger partial charge < -0.3 is 0 Å². The highest BCUT2D eigenvalue weighted by atomic mass is 32.2. The van der Waals surface area contributed by atoms with Crippen molar-refractivity contribution in [3.05, 3.63) is 0 Å². The molecule has 1 aliphatic heterocycles. The van der Waals surface area contributed by atoms with Crippen molar-refractivity contribution in [2.75, 3.05) is 5.75 Å². The third kappa shape index (κ3) is 2.54. The maximum Gasteiger partial charge on any atom is 0.238 e. The summed E-state index contributed by atoms with van der Waals surface area (Å²) in [6.45, 7) is 11.9. The van der Waals surface area contributed by atoms with Crippen LogP contribution in [-0.2, 0) is 14.8 Å². The predicted octanol–water partition coefficient (Wildman–Crippen LogP) is 2.79. The van der Waals surface area contributed by atoms with Crippen LogP contribution in [0.15, 0.2) is 0 Å². The van der Waals surface area contributed by atoms with E-state index in [1.54, 1.807) is 6.92 Å². The second kappa shape index (κ2) is 5.08. The number of rotatable bonds is 3. The van der Waals surface area contributed by atoms with Crippen LogP contribution in [0.2, 0.25) is 0 Å². The molecule has 1 amide bonds. The lowest BCUT2D eigenvalue weighted by molar-refractivity contribution is -0.129. The molecule has 0 aromatic heterocycles. The Kier molecular flexibility index (Phi) is 4.40. The Balaban J connectivity index is 3.36. The summed E-state index contributed by atoms with van der Waals surface area (Å²) in [6, 6.07) is -0.259. The number of hydrogen-bond donors (Lipinski definition) is 0. The van der Waals surface area contributed by atoms with Crippen LogP contribution < -0.4 is 0 Å². The SMILES string of the molecule is CCCC1(C(C)(C)C)CS(=O)(=O)N(C(=O)CC)C1C. The molecule has 0 saturated carbocycles. The van der Waals surface area contributed by atoms with Crippen LogP contribution >= 0.6 is 0 Å². The molecule has 1 heterocycles. The number of hydrogen-bond acceptors (Lipinski definition) is 3. The monoisotopic (exact) mass is 289 g/mol. The van der Waals surface area contributed by atoms with Crippen molar-refractivity contribution in [2.24, 2.45) is 10.8 Å². The molecule has 1 rings (SSSR count). The highest BCUT2D eigenvalue weighted by Crippen LogP contribution is 2.52. The van der Waals surface area contributed by atoms with Gasteiger partial charge in [0, 0.05) is 11.8 Å². The predicted molar refractivity (Wildman–Crippen MR) is 77.2 cm³/mol. The molecule has 0 bridgehead atoms. The molecule has 0 aliphatic carbocycles. The summed E-state index contributed by atoms with van der Waals surface area (Å²) in [5.41, 5.74) is -0.510. The van der Waals surface area contributed by atoms with E-state index in [4.69, 9.17) is 0 Å². The Morgan fingerprint density at radius 1 is 1.32 bits per heavy atom. The number of carbonyl (C=O) groups excluding carboxylic acids is 1. The first kappa shape index (κ1) is 16.5. The second-order valence-electron chi connectivity index (χ2n) is 6.63. The Hall–Kier alpha value is -0.580. The van der Waals surface area contributed by atoms with Crippen molar-refractivity contribution in [2.45, 2.75) is 66.8 Å². The summed E-state index contributed by atoms with van der Waals surface area (Å²) in [5.74, 6) is -0.195. The lowest BCUT2D eigenvalue weighted by atomic mass is 9.61. The molecule has 1 fully saturated rings. The van der Waals surface area contributed by atoms with E-state index in [0.29, 0.717) is 0 Å². The number of nitrogens with zero attached hydrogens (tertiary/aromatic N) is 1. The van der Waals surface area contributed by atoms with E-state index in [9.17, 15) is 13.2 Å². The summed E-state index contributed by atoms with van der Waals surface area (Å²) in [4.78, 5) is 12.0. The third-order valence-electron chi connectivity index (χ3n) is 4.63. The van der Waals surface area contributed by atoms with Gasteiger partial charge >= 0.3 is 0 Å². The lowest BCUT2D eigenvalue weighted by Crippen LogP contribution is -2.48.